The minimum absolute atomic E-state index is 0.149. The summed E-state index contributed by atoms with van der Waals surface area (Å²) in [6.07, 6.45) is 1.69. The molecule has 10 nitrogen and oxygen atoms in total. The molecule has 2 aromatic heterocycles. The molecule has 3 aromatic rings. The van der Waals surface area contributed by atoms with Crippen LogP contribution < -0.4 is 15.0 Å². The van der Waals surface area contributed by atoms with Crippen LogP contribution in [0.2, 0.25) is 5.02 Å². The minimum Gasteiger partial charge on any atom is -0.495 e. The highest BCUT2D eigenvalue weighted by Crippen LogP contribution is 2.35. The largest absolute Gasteiger partial charge is 0.495 e. The van der Waals surface area contributed by atoms with Gasteiger partial charge in [0.1, 0.15) is 16.8 Å². The molecule has 0 saturated carbocycles. The van der Waals surface area contributed by atoms with E-state index in [9.17, 15) is 16.8 Å². The van der Waals surface area contributed by atoms with Gasteiger partial charge in [-0.25, -0.2) is 27.1 Å². The molecule has 0 aliphatic rings. The van der Waals surface area contributed by atoms with E-state index in [1.165, 1.54) is 11.8 Å². The predicted molar refractivity (Wildman–Crippen MR) is 110 cm³/mol. The Bertz CT molecular complexity index is 1310. The summed E-state index contributed by atoms with van der Waals surface area (Å²) in [6, 6.07) is 5.17. The number of halogens is 1. The summed E-state index contributed by atoms with van der Waals surface area (Å²) >= 11 is 6.18. The number of benzene rings is 1. The molecular formula is C16H20ClN5O5S2. The van der Waals surface area contributed by atoms with Gasteiger partial charge in [-0.05, 0) is 19.1 Å². The topological polar surface area (TPSA) is 152 Å². The molecule has 0 fully saturated rings. The monoisotopic (exact) mass is 461 g/mol. The van der Waals surface area contributed by atoms with Crippen molar-refractivity contribution in [1.82, 2.24) is 14.3 Å². The van der Waals surface area contributed by atoms with Crippen LogP contribution >= 0.6 is 11.6 Å². The fourth-order valence-corrected chi connectivity index (χ4v) is 6.13. The number of nitrogens with two attached hydrogens (primary N) is 2. The number of sulfonamides is 2. The van der Waals surface area contributed by atoms with Gasteiger partial charge in [0.05, 0.1) is 29.1 Å². The van der Waals surface area contributed by atoms with Gasteiger partial charge >= 0.3 is 0 Å². The molecule has 0 saturated heterocycles. The first-order valence-corrected chi connectivity index (χ1v) is 11.9. The second kappa shape index (κ2) is 7.29. The molecule has 0 aliphatic carbocycles. The SMILES string of the molecule is COc1cc2c(ccn2-c2c(C(CS(N)(=O)=O)S(N)(=O)=O)c(C)nn2C)cc1Cl. The average molecular weight is 462 g/mol. The van der Waals surface area contributed by atoms with Crippen molar-refractivity contribution in [3.8, 4) is 11.6 Å². The number of fused-ring (bicyclic) bond motifs is 1. The lowest BCUT2D eigenvalue weighted by Crippen LogP contribution is -2.32. The van der Waals surface area contributed by atoms with Crippen molar-refractivity contribution >= 4 is 42.6 Å². The highest BCUT2D eigenvalue weighted by Gasteiger charge is 2.35. The third kappa shape index (κ3) is 4.12. The second-order valence-electron chi connectivity index (χ2n) is 6.58. The molecular weight excluding hydrogens is 442 g/mol. The van der Waals surface area contributed by atoms with Gasteiger partial charge in [-0.3, -0.25) is 4.68 Å². The first-order valence-electron chi connectivity index (χ1n) is 8.24. The van der Waals surface area contributed by atoms with E-state index in [1.54, 1.807) is 42.9 Å². The number of methoxy groups -OCH3 is 1. The third-order valence-corrected chi connectivity index (χ3v) is 7.03. The van der Waals surface area contributed by atoms with Gasteiger partial charge in [-0.15, -0.1) is 0 Å². The molecule has 0 aliphatic heterocycles. The van der Waals surface area contributed by atoms with Gasteiger partial charge < -0.3 is 9.30 Å². The van der Waals surface area contributed by atoms with E-state index in [4.69, 9.17) is 26.6 Å². The molecule has 0 spiro atoms. The van der Waals surface area contributed by atoms with Gasteiger partial charge in [-0.1, -0.05) is 11.6 Å². The third-order valence-electron chi connectivity index (χ3n) is 4.53. The number of hydrogen-bond acceptors (Lipinski definition) is 6. The van der Waals surface area contributed by atoms with Crippen LogP contribution in [0.1, 0.15) is 16.5 Å². The van der Waals surface area contributed by atoms with Crippen LogP contribution in [-0.2, 0) is 27.1 Å². The van der Waals surface area contributed by atoms with Crippen LogP contribution in [0, 0.1) is 6.92 Å². The van der Waals surface area contributed by atoms with E-state index in [-0.39, 0.29) is 5.56 Å². The summed E-state index contributed by atoms with van der Waals surface area (Å²) in [6.45, 7) is 1.57. The van der Waals surface area contributed by atoms with Gasteiger partial charge in [0.25, 0.3) is 0 Å². The number of aromatic nitrogens is 3. The van der Waals surface area contributed by atoms with Crippen molar-refractivity contribution in [2.45, 2.75) is 12.2 Å². The van der Waals surface area contributed by atoms with E-state index in [0.29, 0.717) is 27.8 Å². The van der Waals surface area contributed by atoms with E-state index >= 15 is 0 Å². The molecule has 0 radical (unpaired) electrons. The zero-order chi connectivity index (χ0) is 21.7. The minimum atomic E-state index is -4.32. The van der Waals surface area contributed by atoms with Crippen molar-refractivity contribution < 1.29 is 21.6 Å². The Hall–Kier alpha value is -2.12. The standard InChI is InChI=1S/C16H20ClN5O5S2/c1-9-15(14(29(19,25)26)8-28(18,23)24)16(21(2)20-9)22-5-4-10-6-11(17)13(27-3)7-12(10)22/h4-7,14H,8H2,1-3H3,(H2,18,23,24)(H2,19,25,26). The summed E-state index contributed by atoms with van der Waals surface area (Å²) in [5.41, 5.74) is 1.11. The van der Waals surface area contributed by atoms with Crippen molar-refractivity contribution in [3.63, 3.8) is 0 Å². The predicted octanol–water partition coefficient (Wildman–Crippen LogP) is 0.953. The molecule has 4 N–H and O–H groups in total. The Kier molecular flexibility index (Phi) is 5.43. The van der Waals surface area contributed by atoms with E-state index < -0.39 is 31.0 Å². The molecule has 1 aromatic carbocycles. The van der Waals surface area contributed by atoms with E-state index in [2.05, 4.69) is 5.10 Å². The van der Waals surface area contributed by atoms with Crippen LogP contribution in [0.15, 0.2) is 24.4 Å². The number of aryl methyl sites for hydroxylation is 2. The molecule has 0 amide bonds. The Balaban J connectivity index is 2.34. The number of rotatable bonds is 6. The number of hydrogen-bond donors (Lipinski definition) is 2. The second-order valence-corrected chi connectivity index (χ2v) is 10.4. The summed E-state index contributed by atoms with van der Waals surface area (Å²) < 4.78 is 56.3. The Morgan fingerprint density at radius 1 is 1.24 bits per heavy atom. The Morgan fingerprint density at radius 2 is 1.90 bits per heavy atom. The van der Waals surface area contributed by atoms with Crippen LogP contribution in [0.3, 0.4) is 0 Å². The Morgan fingerprint density at radius 3 is 2.45 bits per heavy atom. The number of ether oxygens (including phenoxy) is 1. The molecule has 13 heteroatoms. The normalized spacial score (nSPS) is 13.7. The smallest absolute Gasteiger partial charge is 0.217 e. The quantitative estimate of drug-likeness (QED) is 0.557. The summed E-state index contributed by atoms with van der Waals surface area (Å²) in [5, 5.41) is 14.4. The van der Waals surface area contributed by atoms with Crippen molar-refractivity contribution in [2.75, 3.05) is 12.9 Å². The van der Waals surface area contributed by atoms with Crippen molar-refractivity contribution in [1.29, 1.82) is 0 Å². The lowest BCUT2D eigenvalue weighted by atomic mass is 10.1. The molecule has 1 unspecified atom stereocenters. The number of primary sulfonamides is 2. The summed E-state index contributed by atoms with van der Waals surface area (Å²) in [5.74, 6) is -0.115. The first kappa shape index (κ1) is 21.6. The van der Waals surface area contributed by atoms with Crippen LogP contribution in [-0.4, -0.2) is 44.0 Å². The lowest BCUT2D eigenvalue weighted by molar-refractivity contribution is 0.415. The van der Waals surface area contributed by atoms with Gasteiger partial charge in [0, 0.05) is 30.3 Å². The highest BCUT2D eigenvalue weighted by atomic mass is 35.5. The molecule has 158 valence electrons. The van der Waals surface area contributed by atoms with Crippen LogP contribution in [0.5, 0.6) is 5.75 Å². The van der Waals surface area contributed by atoms with E-state index in [0.717, 1.165) is 5.39 Å². The van der Waals surface area contributed by atoms with Gasteiger partial charge in [0.2, 0.25) is 20.0 Å². The number of nitrogens with zero attached hydrogens (tertiary/aromatic N) is 3. The van der Waals surface area contributed by atoms with E-state index in [1.807, 2.05) is 0 Å². The van der Waals surface area contributed by atoms with Crippen molar-refractivity contribution in [3.05, 3.63) is 40.7 Å². The summed E-state index contributed by atoms with van der Waals surface area (Å²) in [7, 11) is -5.38. The van der Waals surface area contributed by atoms with Gasteiger partial charge in [-0.2, -0.15) is 5.10 Å². The van der Waals surface area contributed by atoms with Gasteiger partial charge in [0.15, 0.2) is 0 Å². The molecule has 0 bridgehead atoms. The maximum atomic E-state index is 12.3. The molecule has 1 atom stereocenters. The van der Waals surface area contributed by atoms with Crippen LogP contribution in [0.25, 0.3) is 16.7 Å². The molecule has 2 heterocycles. The lowest BCUT2D eigenvalue weighted by Gasteiger charge is -2.17. The maximum Gasteiger partial charge on any atom is 0.217 e. The maximum absolute atomic E-state index is 12.3. The zero-order valence-corrected chi connectivity index (χ0v) is 18.2. The van der Waals surface area contributed by atoms with Crippen molar-refractivity contribution in [2.24, 2.45) is 17.3 Å². The molecule has 3 rings (SSSR count). The highest BCUT2D eigenvalue weighted by molar-refractivity contribution is 7.93. The first-order chi connectivity index (χ1) is 13.3. The fraction of sp³-hybridized carbons (Fsp3) is 0.312. The average Bonchev–Trinajstić information content (AvgIpc) is 3.09. The fourth-order valence-electron chi connectivity index (χ4n) is 3.35. The summed E-state index contributed by atoms with van der Waals surface area (Å²) in [4.78, 5) is 0. The zero-order valence-electron chi connectivity index (χ0n) is 15.8. The molecule has 29 heavy (non-hydrogen) atoms. The van der Waals surface area contributed by atoms with Crippen LogP contribution in [0.4, 0.5) is 0 Å². The Labute approximate surface area is 173 Å².